The van der Waals surface area contributed by atoms with Gasteiger partial charge < -0.3 is 9.52 Å². The van der Waals surface area contributed by atoms with Crippen LogP contribution in [0.3, 0.4) is 0 Å². The first-order valence-corrected chi connectivity index (χ1v) is 5.88. The highest BCUT2D eigenvalue weighted by Crippen LogP contribution is 2.14. The molecule has 2 N–H and O–H groups in total. The molecule has 1 aromatic heterocycles. The van der Waals surface area contributed by atoms with Gasteiger partial charge in [-0.1, -0.05) is 30.3 Å². The van der Waals surface area contributed by atoms with Crippen LogP contribution in [0, 0.1) is 10.1 Å². The van der Waals surface area contributed by atoms with Crippen molar-refractivity contribution in [3.8, 4) is 0 Å². The van der Waals surface area contributed by atoms with Crippen LogP contribution in [0.5, 0.6) is 0 Å². The number of nitrogens with one attached hydrogen (secondary N) is 1. The van der Waals surface area contributed by atoms with Gasteiger partial charge in [0, 0.05) is 0 Å². The summed E-state index contributed by atoms with van der Waals surface area (Å²) in [5.41, 5.74) is 2.55. The summed E-state index contributed by atoms with van der Waals surface area (Å²) >= 11 is 0. The van der Waals surface area contributed by atoms with Crippen molar-refractivity contribution in [3.63, 3.8) is 0 Å². The van der Waals surface area contributed by atoms with Crippen molar-refractivity contribution < 1.29 is 19.2 Å². The molecule has 108 valence electrons. The fourth-order valence-corrected chi connectivity index (χ4v) is 1.52. The van der Waals surface area contributed by atoms with E-state index in [2.05, 4.69) is 10.5 Å². The zero-order valence-corrected chi connectivity index (χ0v) is 10.7. The third-order valence-electron chi connectivity index (χ3n) is 2.52. The Balaban J connectivity index is 1.94. The molecule has 8 nitrogen and oxygen atoms in total. The van der Waals surface area contributed by atoms with Crippen LogP contribution in [0.1, 0.15) is 17.4 Å². The molecule has 0 saturated carbocycles. The van der Waals surface area contributed by atoms with Gasteiger partial charge in [-0.15, -0.1) is 0 Å². The number of carbonyl (C=O) groups excluding carboxylic acids is 1. The number of carbonyl (C=O) groups is 1. The lowest BCUT2D eigenvalue weighted by Crippen LogP contribution is -2.25. The maximum Gasteiger partial charge on any atom is 0.433 e. The topological polar surface area (TPSA) is 118 Å². The Hall–Kier alpha value is -3.00. The zero-order valence-electron chi connectivity index (χ0n) is 10.7. The van der Waals surface area contributed by atoms with Crippen molar-refractivity contribution in [3.05, 3.63) is 63.9 Å². The first kappa shape index (κ1) is 14.4. The molecule has 8 heteroatoms. The van der Waals surface area contributed by atoms with Crippen LogP contribution in [-0.4, -0.2) is 22.2 Å². The van der Waals surface area contributed by atoms with E-state index in [4.69, 9.17) is 4.42 Å². The van der Waals surface area contributed by atoms with Crippen LogP contribution in [-0.2, 0) is 4.79 Å². The largest absolute Gasteiger partial charge is 0.433 e. The normalized spacial score (nSPS) is 12.2. The highest BCUT2D eigenvalue weighted by atomic mass is 16.6. The second-order valence-electron chi connectivity index (χ2n) is 3.98. The number of aliphatic hydroxyl groups excluding tert-OH is 1. The quantitative estimate of drug-likeness (QED) is 0.489. The Morgan fingerprint density at radius 3 is 2.67 bits per heavy atom. The summed E-state index contributed by atoms with van der Waals surface area (Å²) < 4.78 is 4.81. The van der Waals surface area contributed by atoms with Gasteiger partial charge in [-0.25, -0.2) is 5.43 Å². The van der Waals surface area contributed by atoms with E-state index in [1.807, 2.05) is 0 Å². The number of rotatable bonds is 5. The standard InChI is InChI=1S/C13H11N3O5/c17-12(9-4-2-1-3-5-9)13(18)15-14-8-10-6-7-11(21-10)16(19)20/h1-8,12,17H,(H,15,18)/t12-/m1/s1. The predicted octanol–water partition coefficient (Wildman–Crippen LogP) is 1.37. The molecule has 0 aliphatic rings. The third-order valence-corrected chi connectivity index (χ3v) is 2.52. The van der Waals surface area contributed by atoms with Gasteiger partial charge in [0.15, 0.2) is 11.9 Å². The highest BCUT2D eigenvalue weighted by molar-refractivity contribution is 5.84. The average molecular weight is 289 g/mol. The molecule has 1 atom stereocenters. The zero-order chi connectivity index (χ0) is 15.2. The first-order valence-electron chi connectivity index (χ1n) is 5.88. The van der Waals surface area contributed by atoms with Crippen LogP contribution >= 0.6 is 0 Å². The Labute approximate surface area is 118 Å². The van der Waals surface area contributed by atoms with E-state index in [9.17, 15) is 20.0 Å². The van der Waals surface area contributed by atoms with Crippen molar-refractivity contribution in [2.75, 3.05) is 0 Å². The van der Waals surface area contributed by atoms with Gasteiger partial charge in [0.1, 0.15) is 4.92 Å². The Morgan fingerprint density at radius 2 is 2.05 bits per heavy atom. The van der Waals surface area contributed by atoms with Crippen molar-refractivity contribution >= 4 is 18.0 Å². The Morgan fingerprint density at radius 1 is 1.33 bits per heavy atom. The molecule has 0 unspecified atom stereocenters. The first-order chi connectivity index (χ1) is 10.1. The smallest absolute Gasteiger partial charge is 0.400 e. The van der Waals surface area contributed by atoms with Gasteiger partial charge in [-0.05, 0) is 11.6 Å². The lowest BCUT2D eigenvalue weighted by atomic mass is 10.1. The SMILES string of the molecule is O=C(NN=Cc1ccc([N+](=O)[O-])o1)[C@H](O)c1ccccc1. The molecule has 1 heterocycles. The van der Waals surface area contributed by atoms with Crippen LogP contribution in [0.2, 0.25) is 0 Å². The van der Waals surface area contributed by atoms with Crippen molar-refractivity contribution in [1.82, 2.24) is 5.43 Å². The van der Waals surface area contributed by atoms with Gasteiger partial charge >= 0.3 is 5.88 Å². The minimum Gasteiger partial charge on any atom is -0.400 e. The summed E-state index contributed by atoms with van der Waals surface area (Å²) in [6.07, 6.45) is -0.253. The monoisotopic (exact) mass is 289 g/mol. The minimum absolute atomic E-state index is 0.108. The van der Waals surface area contributed by atoms with E-state index in [0.29, 0.717) is 5.56 Å². The van der Waals surface area contributed by atoms with Crippen LogP contribution in [0.15, 0.2) is 52.0 Å². The Kier molecular flexibility index (Phi) is 4.42. The molecule has 0 aliphatic heterocycles. The number of amides is 1. The number of benzene rings is 1. The number of nitrogens with zero attached hydrogens (tertiary/aromatic N) is 2. The molecule has 2 aromatic rings. The van der Waals surface area contributed by atoms with Crippen molar-refractivity contribution in [1.29, 1.82) is 0 Å². The number of hydrogen-bond acceptors (Lipinski definition) is 6. The summed E-state index contributed by atoms with van der Waals surface area (Å²) in [7, 11) is 0. The summed E-state index contributed by atoms with van der Waals surface area (Å²) in [5, 5.41) is 23.7. The van der Waals surface area contributed by atoms with Crippen molar-refractivity contribution in [2.45, 2.75) is 6.10 Å². The molecule has 1 amide bonds. The van der Waals surface area contributed by atoms with Crippen LogP contribution < -0.4 is 5.43 Å². The molecule has 0 aliphatic carbocycles. The Bertz CT molecular complexity index is 665. The van der Waals surface area contributed by atoms with Gasteiger partial charge in [0.25, 0.3) is 5.91 Å². The van der Waals surface area contributed by atoms with E-state index in [0.717, 1.165) is 6.21 Å². The molecule has 0 bridgehead atoms. The minimum atomic E-state index is -1.35. The summed E-state index contributed by atoms with van der Waals surface area (Å²) in [5.74, 6) is -1.04. The second-order valence-corrected chi connectivity index (χ2v) is 3.98. The summed E-state index contributed by atoms with van der Waals surface area (Å²) in [4.78, 5) is 21.4. The maximum absolute atomic E-state index is 11.6. The second kappa shape index (κ2) is 6.44. The predicted molar refractivity (Wildman–Crippen MR) is 72.5 cm³/mol. The molecule has 0 radical (unpaired) electrons. The van der Waals surface area contributed by atoms with Gasteiger partial charge in [-0.2, -0.15) is 5.10 Å². The van der Waals surface area contributed by atoms with Gasteiger partial charge in [-0.3, -0.25) is 14.9 Å². The van der Waals surface area contributed by atoms with Crippen molar-refractivity contribution in [2.24, 2.45) is 5.10 Å². The number of furan rings is 1. The highest BCUT2D eigenvalue weighted by Gasteiger charge is 2.16. The van der Waals surface area contributed by atoms with E-state index in [1.165, 1.54) is 12.1 Å². The fraction of sp³-hybridized carbons (Fsp3) is 0.0769. The fourth-order valence-electron chi connectivity index (χ4n) is 1.52. The summed E-state index contributed by atoms with van der Waals surface area (Å²) in [6, 6.07) is 10.8. The molecule has 0 fully saturated rings. The van der Waals surface area contributed by atoms with E-state index < -0.39 is 22.8 Å². The molecule has 21 heavy (non-hydrogen) atoms. The molecule has 0 saturated heterocycles. The lowest BCUT2D eigenvalue weighted by molar-refractivity contribution is -0.402. The maximum atomic E-state index is 11.6. The third kappa shape index (κ3) is 3.74. The van der Waals surface area contributed by atoms with Gasteiger partial charge in [0.05, 0.1) is 12.3 Å². The summed E-state index contributed by atoms with van der Waals surface area (Å²) in [6.45, 7) is 0. The van der Waals surface area contributed by atoms with E-state index >= 15 is 0 Å². The molecule has 0 spiro atoms. The lowest BCUT2D eigenvalue weighted by Gasteiger charge is -2.08. The van der Waals surface area contributed by atoms with Gasteiger partial charge in [0.2, 0.25) is 0 Å². The number of hydrogen-bond donors (Lipinski definition) is 2. The number of nitro groups is 1. The van der Waals surface area contributed by atoms with E-state index in [1.54, 1.807) is 30.3 Å². The molecule has 1 aromatic carbocycles. The van der Waals surface area contributed by atoms with Crippen LogP contribution in [0.25, 0.3) is 0 Å². The molecular formula is C13H11N3O5. The van der Waals surface area contributed by atoms with E-state index in [-0.39, 0.29) is 5.76 Å². The average Bonchev–Trinajstić information content (AvgIpc) is 2.96. The molecule has 2 rings (SSSR count). The number of hydrazone groups is 1. The molecular weight excluding hydrogens is 278 g/mol. The van der Waals surface area contributed by atoms with Crippen LogP contribution in [0.4, 0.5) is 5.88 Å². The number of aliphatic hydroxyl groups is 1.